The van der Waals surface area contributed by atoms with Crippen LogP contribution < -0.4 is 5.32 Å². The Morgan fingerprint density at radius 3 is 2.77 bits per heavy atom. The molecule has 0 unspecified atom stereocenters. The van der Waals surface area contributed by atoms with Gasteiger partial charge in [0.1, 0.15) is 11.5 Å². The van der Waals surface area contributed by atoms with E-state index >= 15 is 0 Å². The van der Waals surface area contributed by atoms with Crippen LogP contribution in [0.5, 0.6) is 0 Å². The Labute approximate surface area is 182 Å². The van der Waals surface area contributed by atoms with Gasteiger partial charge in [0.25, 0.3) is 0 Å². The van der Waals surface area contributed by atoms with Crippen LogP contribution in [0.1, 0.15) is 30.5 Å². The number of hydrogen-bond acceptors (Lipinski definition) is 5. The number of likely N-dealkylation sites (tertiary alicyclic amines) is 1. The van der Waals surface area contributed by atoms with E-state index in [-0.39, 0.29) is 0 Å². The monoisotopic (exact) mass is 410 g/mol. The minimum absolute atomic E-state index is 0.707. The van der Waals surface area contributed by atoms with Crippen LogP contribution in [0.25, 0.3) is 27.7 Å². The fourth-order valence-corrected chi connectivity index (χ4v) is 4.18. The number of nitrogens with zero attached hydrogens (tertiary/aromatic N) is 4. The molecule has 6 nitrogen and oxygen atoms in total. The molecule has 0 radical (unpaired) electrons. The number of hydrogen-bond donors (Lipinski definition) is 2. The number of pyridine rings is 2. The molecule has 5 rings (SSSR count). The van der Waals surface area contributed by atoms with Gasteiger partial charge in [-0.3, -0.25) is 15.0 Å². The Hall–Kier alpha value is -3.51. The Balaban J connectivity index is 1.41. The minimum Gasteiger partial charge on any atom is -0.339 e. The molecule has 3 aromatic heterocycles. The molecule has 0 amide bonds. The predicted octanol–water partition coefficient (Wildman–Crippen LogP) is 5.09. The molecular formula is C25H26N6. The third-order valence-corrected chi connectivity index (χ3v) is 5.78. The van der Waals surface area contributed by atoms with Crippen molar-refractivity contribution in [2.45, 2.75) is 25.8 Å². The second-order valence-electron chi connectivity index (χ2n) is 8.07. The molecule has 1 aromatic carbocycles. The van der Waals surface area contributed by atoms with Crippen LogP contribution >= 0.6 is 0 Å². The van der Waals surface area contributed by atoms with E-state index in [0.717, 1.165) is 40.1 Å². The van der Waals surface area contributed by atoms with Gasteiger partial charge in [-0.25, -0.2) is 4.98 Å². The van der Waals surface area contributed by atoms with Crippen LogP contribution in [-0.4, -0.2) is 38.2 Å². The smallest absolute Gasteiger partial charge is 0.130 e. The van der Waals surface area contributed by atoms with Crippen LogP contribution in [0.2, 0.25) is 0 Å². The van der Waals surface area contributed by atoms with Gasteiger partial charge in [-0.2, -0.15) is 5.10 Å². The highest BCUT2D eigenvalue weighted by Gasteiger charge is 2.13. The third-order valence-electron chi connectivity index (χ3n) is 5.78. The predicted molar refractivity (Wildman–Crippen MR) is 125 cm³/mol. The summed E-state index contributed by atoms with van der Waals surface area (Å²) in [5.41, 5.74) is 5.97. The number of fused-ring (bicyclic) bond motifs is 1. The maximum Gasteiger partial charge on any atom is 0.130 e. The number of piperidine rings is 1. The summed E-state index contributed by atoms with van der Waals surface area (Å²) in [5, 5.41) is 11.9. The lowest BCUT2D eigenvalue weighted by atomic mass is 10.0. The lowest BCUT2D eigenvalue weighted by molar-refractivity contribution is 0.220. The van der Waals surface area contributed by atoms with Crippen molar-refractivity contribution in [3.63, 3.8) is 0 Å². The zero-order valence-corrected chi connectivity index (χ0v) is 17.5. The molecule has 4 heterocycles. The first kappa shape index (κ1) is 19.5. The number of rotatable bonds is 6. The zero-order valence-electron chi connectivity index (χ0n) is 17.5. The molecule has 31 heavy (non-hydrogen) atoms. The summed E-state index contributed by atoms with van der Waals surface area (Å²) in [6.07, 6.45) is 9.61. The van der Waals surface area contributed by atoms with E-state index in [1.165, 1.54) is 37.9 Å². The molecule has 0 aliphatic carbocycles. The highest BCUT2D eigenvalue weighted by Crippen LogP contribution is 2.28. The van der Waals surface area contributed by atoms with E-state index in [1.54, 1.807) is 6.20 Å². The van der Waals surface area contributed by atoms with Crippen LogP contribution in [0.15, 0.2) is 67.6 Å². The van der Waals surface area contributed by atoms with Crippen LogP contribution in [-0.2, 0) is 6.54 Å². The lowest BCUT2D eigenvalue weighted by Gasteiger charge is -2.26. The zero-order chi connectivity index (χ0) is 21.0. The van der Waals surface area contributed by atoms with Crippen molar-refractivity contribution in [3.8, 4) is 11.1 Å². The maximum absolute atomic E-state index is 4.52. The van der Waals surface area contributed by atoms with E-state index in [2.05, 4.69) is 61.2 Å². The maximum atomic E-state index is 4.52. The molecule has 1 saturated heterocycles. The Morgan fingerprint density at radius 1 is 1.03 bits per heavy atom. The quantitative estimate of drug-likeness (QED) is 0.463. The molecule has 4 aromatic rings. The molecule has 2 N–H and O–H groups in total. The molecular weight excluding hydrogens is 384 g/mol. The van der Waals surface area contributed by atoms with Gasteiger partial charge < -0.3 is 5.32 Å². The van der Waals surface area contributed by atoms with E-state index < -0.39 is 0 Å². The molecule has 0 saturated carbocycles. The first-order valence-electron chi connectivity index (χ1n) is 10.8. The summed E-state index contributed by atoms with van der Waals surface area (Å²) in [7, 11) is 0. The van der Waals surface area contributed by atoms with Crippen molar-refractivity contribution in [2.24, 2.45) is 0 Å². The molecule has 1 fully saturated rings. The van der Waals surface area contributed by atoms with Gasteiger partial charge in [-0.15, -0.1) is 0 Å². The van der Waals surface area contributed by atoms with Crippen molar-refractivity contribution < 1.29 is 0 Å². The molecule has 156 valence electrons. The van der Waals surface area contributed by atoms with Crippen molar-refractivity contribution >= 4 is 22.4 Å². The standard InChI is InChI=1S/C25H26N6/c1-18(28-24-7-3-4-10-27-24)25-22-14-20(8-9-23(22)29-30-25)21-13-19(15-26-16-21)17-31-11-5-2-6-12-31/h3-4,7-10,13-16H,1-2,5-6,11-12,17H2,(H,27,28)(H,29,30). The normalized spacial score (nSPS) is 14.6. The minimum atomic E-state index is 0.707. The van der Waals surface area contributed by atoms with Gasteiger partial charge in [0, 0.05) is 36.1 Å². The second-order valence-corrected chi connectivity index (χ2v) is 8.07. The summed E-state index contributed by atoms with van der Waals surface area (Å²) in [6.45, 7) is 7.50. The average molecular weight is 411 g/mol. The molecule has 6 heteroatoms. The molecule has 0 spiro atoms. The van der Waals surface area contributed by atoms with Gasteiger partial charge >= 0.3 is 0 Å². The third kappa shape index (κ3) is 4.34. The van der Waals surface area contributed by atoms with Gasteiger partial charge in [0.15, 0.2) is 0 Å². The highest BCUT2D eigenvalue weighted by atomic mass is 15.1. The van der Waals surface area contributed by atoms with E-state index in [4.69, 9.17) is 0 Å². The molecule has 1 aliphatic heterocycles. The summed E-state index contributed by atoms with van der Waals surface area (Å²) >= 11 is 0. The molecule has 0 atom stereocenters. The summed E-state index contributed by atoms with van der Waals surface area (Å²) in [5.74, 6) is 0.745. The number of aromatic nitrogens is 4. The first-order chi connectivity index (χ1) is 15.3. The Kier molecular flexibility index (Phi) is 5.46. The van der Waals surface area contributed by atoms with Gasteiger partial charge in [0.05, 0.1) is 11.2 Å². The topological polar surface area (TPSA) is 69.7 Å². The van der Waals surface area contributed by atoms with Crippen LogP contribution in [0, 0.1) is 0 Å². The molecule has 1 aliphatic rings. The highest BCUT2D eigenvalue weighted by molar-refractivity contribution is 5.94. The number of aromatic amines is 1. The SMILES string of the molecule is C=C(Nc1ccccn1)c1n[nH]c2ccc(-c3cncc(CN4CCCCC4)c3)cc12. The summed E-state index contributed by atoms with van der Waals surface area (Å²) in [6, 6.07) is 14.3. The summed E-state index contributed by atoms with van der Waals surface area (Å²) < 4.78 is 0. The second kappa shape index (κ2) is 8.70. The van der Waals surface area contributed by atoms with Crippen molar-refractivity contribution in [3.05, 3.63) is 78.9 Å². The average Bonchev–Trinajstić information content (AvgIpc) is 3.24. The molecule has 0 bridgehead atoms. The van der Waals surface area contributed by atoms with E-state index in [0.29, 0.717) is 5.70 Å². The van der Waals surface area contributed by atoms with Gasteiger partial charge in [-0.1, -0.05) is 25.1 Å². The number of benzene rings is 1. The largest absolute Gasteiger partial charge is 0.339 e. The number of nitrogens with one attached hydrogen (secondary N) is 2. The first-order valence-corrected chi connectivity index (χ1v) is 10.8. The van der Waals surface area contributed by atoms with Gasteiger partial charge in [0.2, 0.25) is 0 Å². The van der Waals surface area contributed by atoms with Crippen molar-refractivity contribution in [1.29, 1.82) is 0 Å². The van der Waals surface area contributed by atoms with E-state index in [1.807, 2.05) is 30.6 Å². The lowest BCUT2D eigenvalue weighted by Crippen LogP contribution is -2.29. The number of H-pyrrole nitrogens is 1. The van der Waals surface area contributed by atoms with Crippen molar-refractivity contribution in [2.75, 3.05) is 18.4 Å². The van der Waals surface area contributed by atoms with Crippen LogP contribution in [0.4, 0.5) is 5.82 Å². The van der Waals surface area contributed by atoms with Crippen LogP contribution in [0.3, 0.4) is 0 Å². The fraction of sp³-hybridized carbons (Fsp3) is 0.240. The number of anilines is 1. The fourth-order valence-electron chi connectivity index (χ4n) is 4.18. The summed E-state index contributed by atoms with van der Waals surface area (Å²) in [4.78, 5) is 11.4. The Morgan fingerprint density at radius 2 is 1.94 bits per heavy atom. The van der Waals surface area contributed by atoms with E-state index in [9.17, 15) is 0 Å². The van der Waals surface area contributed by atoms with Crippen molar-refractivity contribution in [1.82, 2.24) is 25.1 Å². The van der Waals surface area contributed by atoms with Gasteiger partial charge in [-0.05, 0) is 67.4 Å². The Bertz CT molecular complexity index is 1190.